The van der Waals surface area contributed by atoms with E-state index in [0.717, 1.165) is 5.56 Å². The first kappa shape index (κ1) is 22.9. The fraction of sp³-hybridized carbons (Fsp3) is 0.208. The number of ether oxygens (including phenoxy) is 2. The normalized spacial score (nSPS) is 10.5. The van der Waals surface area contributed by atoms with Gasteiger partial charge in [-0.2, -0.15) is 4.98 Å². The van der Waals surface area contributed by atoms with Gasteiger partial charge in [-0.15, -0.1) is 0 Å². The van der Waals surface area contributed by atoms with Crippen molar-refractivity contribution in [1.82, 2.24) is 9.97 Å². The molecule has 2 N–H and O–H groups in total. The summed E-state index contributed by atoms with van der Waals surface area (Å²) in [5.41, 5.74) is 2.99. The van der Waals surface area contributed by atoms with Crippen LogP contribution in [0.4, 0.5) is 27.5 Å². The Morgan fingerprint density at radius 2 is 1.91 bits per heavy atom. The molecule has 1 aromatic heterocycles. The number of rotatable bonds is 10. The van der Waals surface area contributed by atoms with Crippen molar-refractivity contribution < 1.29 is 18.7 Å². The van der Waals surface area contributed by atoms with Crippen LogP contribution in [0.3, 0.4) is 0 Å². The van der Waals surface area contributed by atoms with Crippen LogP contribution in [0.25, 0.3) is 0 Å². The first-order valence-corrected chi connectivity index (χ1v) is 9.96. The van der Waals surface area contributed by atoms with Gasteiger partial charge in [0.15, 0.2) is 17.3 Å². The Morgan fingerprint density at radius 1 is 1.12 bits per heavy atom. The van der Waals surface area contributed by atoms with E-state index in [0.29, 0.717) is 40.9 Å². The average Bonchev–Trinajstić information content (AvgIpc) is 2.77. The second kappa shape index (κ2) is 10.5. The molecule has 0 atom stereocenters. The summed E-state index contributed by atoms with van der Waals surface area (Å²) in [6.45, 7) is 7.87. The van der Waals surface area contributed by atoms with E-state index >= 15 is 0 Å². The lowest BCUT2D eigenvalue weighted by Crippen LogP contribution is -2.06. The summed E-state index contributed by atoms with van der Waals surface area (Å²) >= 11 is 0. The Hall–Kier alpha value is -3.78. The minimum Gasteiger partial charge on any atom is -0.488 e. The molecule has 0 aliphatic heterocycles. The van der Waals surface area contributed by atoms with Gasteiger partial charge in [0.1, 0.15) is 12.4 Å². The molecule has 0 bridgehead atoms. The maximum atomic E-state index is 14.3. The van der Waals surface area contributed by atoms with Gasteiger partial charge in [0.25, 0.3) is 0 Å². The minimum absolute atomic E-state index is 0.118. The summed E-state index contributed by atoms with van der Waals surface area (Å²) in [4.78, 5) is 20.9. The highest BCUT2D eigenvalue weighted by atomic mass is 19.1. The van der Waals surface area contributed by atoms with Crippen molar-refractivity contribution in [3.63, 3.8) is 0 Å². The lowest BCUT2D eigenvalue weighted by Gasteiger charge is -2.12. The predicted molar refractivity (Wildman–Crippen MR) is 123 cm³/mol. The van der Waals surface area contributed by atoms with Crippen LogP contribution in [0.15, 0.2) is 60.8 Å². The van der Waals surface area contributed by atoms with Crippen LogP contribution in [0.5, 0.6) is 5.75 Å². The van der Waals surface area contributed by atoms with Crippen molar-refractivity contribution >= 4 is 28.9 Å². The largest absolute Gasteiger partial charge is 0.488 e. The van der Waals surface area contributed by atoms with Gasteiger partial charge >= 0.3 is 0 Å². The van der Waals surface area contributed by atoms with Crippen LogP contribution in [-0.4, -0.2) is 36.1 Å². The first-order chi connectivity index (χ1) is 15.4. The van der Waals surface area contributed by atoms with Crippen LogP contribution in [0.1, 0.15) is 22.8 Å². The molecule has 3 rings (SSSR count). The average molecular weight is 436 g/mol. The molecule has 0 aliphatic carbocycles. The number of Topliss-reactive ketones (excluding diaryl/α,β-unsaturated/α-hetero) is 1. The van der Waals surface area contributed by atoms with Crippen LogP contribution in [0.2, 0.25) is 0 Å². The van der Waals surface area contributed by atoms with Crippen molar-refractivity contribution in [1.29, 1.82) is 0 Å². The summed E-state index contributed by atoms with van der Waals surface area (Å²) < 4.78 is 24.5. The van der Waals surface area contributed by atoms with Crippen molar-refractivity contribution in [2.24, 2.45) is 0 Å². The summed E-state index contributed by atoms with van der Waals surface area (Å²) in [5.74, 6) is 0.369. The first-order valence-electron chi connectivity index (χ1n) is 9.96. The molecule has 0 fully saturated rings. The molecule has 3 aromatic rings. The highest BCUT2D eigenvalue weighted by molar-refractivity contribution is 6.08. The van der Waals surface area contributed by atoms with E-state index in [1.165, 1.54) is 12.1 Å². The highest BCUT2D eigenvalue weighted by Crippen LogP contribution is 2.25. The lowest BCUT2D eigenvalue weighted by atomic mass is 10.1. The fourth-order valence-electron chi connectivity index (χ4n) is 2.81. The van der Waals surface area contributed by atoms with Crippen molar-refractivity contribution in [3.8, 4) is 5.75 Å². The van der Waals surface area contributed by atoms with E-state index in [1.54, 1.807) is 44.5 Å². The number of methoxy groups -OCH3 is 1. The van der Waals surface area contributed by atoms with Crippen molar-refractivity contribution in [2.45, 2.75) is 13.8 Å². The molecule has 0 unspecified atom stereocenters. The fourth-order valence-corrected chi connectivity index (χ4v) is 2.81. The van der Waals surface area contributed by atoms with Gasteiger partial charge in [-0.05, 0) is 43.7 Å². The second-order valence-corrected chi connectivity index (χ2v) is 7.15. The number of halogens is 1. The summed E-state index contributed by atoms with van der Waals surface area (Å²) in [6, 6.07) is 11.6. The minimum atomic E-state index is -0.504. The summed E-state index contributed by atoms with van der Waals surface area (Å²) in [6.07, 6.45) is 1.65. The number of allylic oxidation sites excluding steroid dienone is 1. The van der Waals surface area contributed by atoms with E-state index in [-0.39, 0.29) is 18.1 Å². The number of nitrogens with one attached hydrogen (secondary N) is 2. The number of hydrogen-bond acceptors (Lipinski definition) is 7. The number of anilines is 4. The maximum Gasteiger partial charge on any atom is 0.229 e. The van der Waals surface area contributed by atoms with E-state index in [1.807, 2.05) is 13.0 Å². The number of nitrogens with zero attached hydrogens (tertiary/aromatic N) is 2. The molecule has 166 valence electrons. The van der Waals surface area contributed by atoms with Crippen LogP contribution >= 0.6 is 0 Å². The van der Waals surface area contributed by atoms with Crippen molar-refractivity contribution in [3.05, 3.63) is 77.8 Å². The molecule has 8 heteroatoms. The number of benzene rings is 2. The van der Waals surface area contributed by atoms with Crippen LogP contribution in [0, 0.1) is 12.7 Å². The molecule has 0 aliphatic rings. The standard InChI is InChI=1S/C24H25FN4O3/c1-15(2)22(30)17-6-5-7-18(12-17)27-23-16(3)14-26-24(29-23)28-19-8-9-21(20(25)13-19)32-11-10-31-4/h5-9,12-14H,1,10-11H2,2-4H3,(H2,26,27,28,29). The van der Waals surface area contributed by atoms with E-state index in [4.69, 9.17) is 9.47 Å². The highest BCUT2D eigenvalue weighted by Gasteiger charge is 2.10. The van der Waals surface area contributed by atoms with Gasteiger partial charge < -0.3 is 20.1 Å². The number of aromatic nitrogens is 2. The van der Waals surface area contributed by atoms with Gasteiger partial charge in [0.05, 0.1) is 6.61 Å². The smallest absolute Gasteiger partial charge is 0.229 e. The topological polar surface area (TPSA) is 85.4 Å². The summed E-state index contributed by atoms with van der Waals surface area (Å²) in [7, 11) is 1.55. The van der Waals surface area contributed by atoms with Gasteiger partial charge in [-0.1, -0.05) is 18.7 Å². The molecule has 0 amide bonds. The molecule has 0 radical (unpaired) electrons. The molecule has 0 spiro atoms. The molecule has 0 saturated heterocycles. The lowest BCUT2D eigenvalue weighted by molar-refractivity contribution is 0.103. The van der Waals surface area contributed by atoms with E-state index in [2.05, 4.69) is 27.2 Å². The van der Waals surface area contributed by atoms with E-state index in [9.17, 15) is 9.18 Å². The monoisotopic (exact) mass is 436 g/mol. The number of ketones is 1. The molecule has 7 nitrogen and oxygen atoms in total. The number of aryl methyl sites for hydroxylation is 1. The third-order valence-corrected chi connectivity index (χ3v) is 4.48. The summed E-state index contributed by atoms with van der Waals surface area (Å²) in [5, 5.41) is 6.19. The maximum absolute atomic E-state index is 14.3. The number of hydrogen-bond donors (Lipinski definition) is 2. The molecule has 2 aromatic carbocycles. The third kappa shape index (κ3) is 5.89. The van der Waals surface area contributed by atoms with Crippen molar-refractivity contribution in [2.75, 3.05) is 31.0 Å². The third-order valence-electron chi connectivity index (χ3n) is 4.48. The SMILES string of the molecule is C=C(C)C(=O)c1cccc(Nc2nc(Nc3ccc(OCCOC)c(F)c3)ncc2C)c1. The van der Waals surface area contributed by atoms with Crippen LogP contribution in [-0.2, 0) is 4.74 Å². The zero-order valence-electron chi connectivity index (χ0n) is 18.2. The zero-order valence-corrected chi connectivity index (χ0v) is 18.2. The second-order valence-electron chi connectivity index (χ2n) is 7.15. The Balaban J connectivity index is 1.75. The van der Waals surface area contributed by atoms with Gasteiger partial charge in [-0.25, -0.2) is 9.37 Å². The molecular formula is C24H25FN4O3. The molecule has 0 saturated carbocycles. The van der Waals surface area contributed by atoms with E-state index < -0.39 is 5.82 Å². The zero-order chi connectivity index (χ0) is 23.1. The number of carbonyl (C=O) groups is 1. The van der Waals surface area contributed by atoms with Crippen LogP contribution < -0.4 is 15.4 Å². The van der Waals surface area contributed by atoms with Gasteiger partial charge in [0.2, 0.25) is 5.95 Å². The number of carbonyl (C=O) groups excluding carboxylic acids is 1. The quantitative estimate of drug-likeness (QED) is 0.257. The Labute approximate surface area is 186 Å². The Kier molecular flexibility index (Phi) is 7.51. The van der Waals surface area contributed by atoms with Gasteiger partial charge in [0, 0.05) is 41.9 Å². The Bertz CT molecular complexity index is 1130. The predicted octanol–water partition coefficient (Wildman–Crippen LogP) is 5.20. The van der Waals surface area contributed by atoms with Gasteiger partial charge in [-0.3, -0.25) is 4.79 Å². The Morgan fingerprint density at radius 3 is 2.62 bits per heavy atom. The molecule has 1 heterocycles. The molecule has 32 heavy (non-hydrogen) atoms. The molecular weight excluding hydrogens is 411 g/mol.